The summed E-state index contributed by atoms with van der Waals surface area (Å²) in [6.07, 6.45) is 3.53. The molecule has 0 aliphatic rings. The van der Waals surface area contributed by atoms with Crippen molar-refractivity contribution in [3.63, 3.8) is 0 Å². The molecule has 4 aromatic rings. The van der Waals surface area contributed by atoms with Gasteiger partial charge in [-0.3, -0.25) is 4.57 Å². The Balaban J connectivity index is 1.36. The minimum Gasteiger partial charge on any atom is -0.438 e. The van der Waals surface area contributed by atoms with E-state index in [1.165, 1.54) is 0 Å². The van der Waals surface area contributed by atoms with E-state index in [-0.39, 0.29) is 6.03 Å². The number of amides is 2. The lowest BCUT2D eigenvalue weighted by Crippen LogP contribution is -2.19. The van der Waals surface area contributed by atoms with Crippen LogP contribution < -0.4 is 15.4 Å². The van der Waals surface area contributed by atoms with Gasteiger partial charge in [-0.05, 0) is 62.7 Å². The molecule has 0 aliphatic heterocycles. The Kier molecular flexibility index (Phi) is 5.61. The fourth-order valence-electron chi connectivity index (χ4n) is 3.08. The van der Waals surface area contributed by atoms with E-state index in [0.29, 0.717) is 23.1 Å². The van der Waals surface area contributed by atoms with Crippen LogP contribution in [0.2, 0.25) is 0 Å². The fraction of sp³-hybridized carbons (Fsp3) is 0.130. The standard InChI is InChI=1S/C23H22N6O2/c1-15-4-9-20(16(2)14-15)26-23(30)25-18-5-7-19(8-6-18)31-22-11-10-21(27-28-22)29-13-12-24-17(29)3/h4-14H,1-3H3,(H2,25,26,30). The van der Waals surface area contributed by atoms with Crippen molar-refractivity contribution in [2.75, 3.05) is 10.6 Å². The van der Waals surface area contributed by atoms with E-state index in [1.54, 1.807) is 36.5 Å². The third-order valence-corrected chi connectivity index (χ3v) is 4.66. The molecule has 2 heterocycles. The number of aryl methyl sites for hydroxylation is 3. The van der Waals surface area contributed by atoms with Gasteiger partial charge in [0.1, 0.15) is 11.6 Å². The van der Waals surface area contributed by atoms with Crippen molar-refractivity contribution in [1.82, 2.24) is 19.7 Å². The highest BCUT2D eigenvalue weighted by molar-refractivity contribution is 6.00. The summed E-state index contributed by atoms with van der Waals surface area (Å²) < 4.78 is 7.57. The Hall–Kier alpha value is -4.20. The number of rotatable bonds is 5. The maximum absolute atomic E-state index is 12.3. The molecule has 2 aromatic heterocycles. The SMILES string of the molecule is Cc1ccc(NC(=O)Nc2ccc(Oc3ccc(-n4ccnc4C)nn3)cc2)c(C)c1. The molecule has 0 atom stereocenters. The van der Waals surface area contributed by atoms with Gasteiger partial charge in [0, 0.05) is 29.8 Å². The van der Waals surface area contributed by atoms with Crippen molar-refractivity contribution in [3.8, 4) is 17.4 Å². The predicted molar refractivity (Wildman–Crippen MR) is 119 cm³/mol. The normalized spacial score (nSPS) is 10.5. The number of carbonyl (C=O) groups is 1. The second kappa shape index (κ2) is 8.66. The summed E-state index contributed by atoms with van der Waals surface area (Å²) >= 11 is 0. The van der Waals surface area contributed by atoms with Gasteiger partial charge in [-0.25, -0.2) is 9.78 Å². The van der Waals surface area contributed by atoms with Crippen LogP contribution in [0.4, 0.5) is 16.2 Å². The first-order valence-corrected chi connectivity index (χ1v) is 9.75. The minimum atomic E-state index is -0.308. The van der Waals surface area contributed by atoms with Gasteiger partial charge in [0.25, 0.3) is 0 Å². The summed E-state index contributed by atoms with van der Waals surface area (Å²) in [4.78, 5) is 16.4. The number of nitrogens with zero attached hydrogens (tertiary/aromatic N) is 4. The molecule has 0 bridgehead atoms. The molecule has 156 valence electrons. The molecule has 2 N–H and O–H groups in total. The summed E-state index contributed by atoms with van der Waals surface area (Å²) in [5.41, 5.74) is 3.58. The first-order valence-electron chi connectivity index (χ1n) is 9.75. The average Bonchev–Trinajstić information content (AvgIpc) is 3.18. The van der Waals surface area contributed by atoms with Crippen LogP contribution in [-0.4, -0.2) is 25.8 Å². The molecular weight excluding hydrogens is 392 g/mol. The van der Waals surface area contributed by atoms with Crippen LogP contribution in [-0.2, 0) is 0 Å². The molecule has 0 spiro atoms. The number of ether oxygens (including phenoxy) is 1. The summed E-state index contributed by atoms with van der Waals surface area (Å²) in [7, 11) is 0. The van der Waals surface area contributed by atoms with E-state index in [0.717, 1.165) is 22.6 Å². The predicted octanol–water partition coefficient (Wildman–Crippen LogP) is 5.02. The van der Waals surface area contributed by atoms with Crippen molar-refractivity contribution in [1.29, 1.82) is 0 Å². The van der Waals surface area contributed by atoms with Crippen molar-refractivity contribution in [2.24, 2.45) is 0 Å². The van der Waals surface area contributed by atoms with Gasteiger partial charge in [0.15, 0.2) is 5.82 Å². The number of hydrogen-bond acceptors (Lipinski definition) is 5. The third-order valence-electron chi connectivity index (χ3n) is 4.66. The van der Waals surface area contributed by atoms with E-state index in [2.05, 4.69) is 25.8 Å². The Labute approximate surface area is 179 Å². The number of imidazole rings is 1. The first-order chi connectivity index (χ1) is 15.0. The summed E-state index contributed by atoms with van der Waals surface area (Å²) in [6.45, 7) is 5.87. The van der Waals surface area contributed by atoms with Gasteiger partial charge < -0.3 is 15.4 Å². The highest BCUT2D eigenvalue weighted by Gasteiger charge is 2.07. The lowest BCUT2D eigenvalue weighted by atomic mass is 10.1. The van der Waals surface area contributed by atoms with Gasteiger partial charge in [-0.2, -0.15) is 0 Å². The van der Waals surface area contributed by atoms with Crippen molar-refractivity contribution < 1.29 is 9.53 Å². The third kappa shape index (κ3) is 4.87. The molecule has 0 saturated carbocycles. The summed E-state index contributed by atoms with van der Waals surface area (Å²) in [5, 5.41) is 13.9. The number of carbonyl (C=O) groups excluding carboxylic acids is 1. The largest absolute Gasteiger partial charge is 0.438 e. The van der Waals surface area contributed by atoms with Crippen LogP contribution in [0, 0.1) is 20.8 Å². The van der Waals surface area contributed by atoms with Gasteiger partial charge in [0.05, 0.1) is 0 Å². The van der Waals surface area contributed by atoms with Crippen LogP contribution in [0.25, 0.3) is 5.82 Å². The molecule has 2 aromatic carbocycles. The Morgan fingerprint density at radius 3 is 2.39 bits per heavy atom. The highest BCUT2D eigenvalue weighted by atomic mass is 16.5. The molecule has 0 unspecified atom stereocenters. The van der Waals surface area contributed by atoms with Gasteiger partial charge >= 0.3 is 6.03 Å². The van der Waals surface area contributed by atoms with Gasteiger partial charge in [-0.1, -0.05) is 17.7 Å². The zero-order chi connectivity index (χ0) is 21.8. The molecule has 0 fully saturated rings. The van der Waals surface area contributed by atoms with E-state index in [9.17, 15) is 4.79 Å². The summed E-state index contributed by atoms with van der Waals surface area (Å²) in [5.74, 6) is 2.44. The van der Waals surface area contributed by atoms with E-state index < -0.39 is 0 Å². The Morgan fingerprint density at radius 1 is 0.935 bits per heavy atom. The van der Waals surface area contributed by atoms with E-state index in [4.69, 9.17) is 4.74 Å². The van der Waals surface area contributed by atoms with Crippen molar-refractivity contribution in [2.45, 2.75) is 20.8 Å². The quantitative estimate of drug-likeness (QED) is 0.478. The van der Waals surface area contributed by atoms with Gasteiger partial charge in [-0.15, -0.1) is 10.2 Å². The molecule has 4 rings (SSSR count). The second-order valence-electron chi connectivity index (χ2n) is 7.10. The molecule has 8 heteroatoms. The van der Waals surface area contributed by atoms with Crippen molar-refractivity contribution >= 4 is 17.4 Å². The van der Waals surface area contributed by atoms with Gasteiger partial charge in [0.2, 0.25) is 5.88 Å². The molecule has 31 heavy (non-hydrogen) atoms. The molecular formula is C23H22N6O2. The topological polar surface area (TPSA) is 94.0 Å². The van der Waals surface area contributed by atoms with Crippen LogP contribution in [0.15, 0.2) is 67.0 Å². The monoisotopic (exact) mass is 414 g/mol. The molecule has 2 amide bonds. The Bertz CT molecular complexity index is 1200. The first kappa shape index (κ1) is 20.1. The lowest BCUT2D eigenvalue weighted by Gasteiger charge is -2.11. The minimum absolute atomic E-state index is 0.308. The Morgan fingerprint density at radius 2 is 1.74 bits per heavy atom. The maximum atomic E-state index is 12.3. The number of anilines is 2. The second-order valence-corrected chi connectivity index (χ2v) is 7.10. The van der Waals surface area contributed by atoms with Crippen LogP contribution >= 0.6 is 0 Å². The molecule has 0 saturated heterocycles. The maximum Gasteiger partial charge on any atom is 0.323 e. The van der Waals surface area contributed by atoms with E-state index in [1.807, 2.05) is 55.8 Å². The van der Waals surface area contributed by atoms with E-state index >= 15 is 0 Å². The molecule has 0 radical (unpaired) electrons. The fourth-order valence-corrected chi connectivity index (χ4v) is 3.08. The van der Waals surface area contributed by atoms with Crippen LogP contribution in [0.5, 0.6) is 11.6 Å². The average molecular weight is 414 g/mol. The molecule has 8 nitrogen and oxygen atoms in total. The zero-order valence-corrected chi connectivity index (χ0v) is 17.5. The number of aromatic nitrogens is 4. The number of benzene rings is 2. The number of nitrogens with one attached hydrogen (secondary N) is 2. The number of urea groups is 1. The smallest absolute Gasteiger partial charge is 0.323 e. The van der Waals surface area contributed by atoms with Crippen molar-refractivity contribution in [3.05, 3.63) is 83.9 Å². The summed E-state index contributed by atoms with van der Waals surface area (Å²) in [6, 6.07) is 16.1. The number of hydrogen-bond donors (Lipinski definition) is 2. The van der Waals surface area contributed by atoms with Crippen LogP contribution in [0.1, 0.15) is 17.0 Å². The highest BCUT2D eigenvalue weighted by Crippen LogP contribution is 2.22. The van der Waals surface area contributed by atoms with Crippen LogP contribution in [0.3, 0.4) is 0 Å². The lowest BCUT2D eigenvalue weighted by molar-refractivity contribution is 0.262. The zero-order valence-electron chi connectivity index (χ0n) is 17.5. The molecule has 0 aliphatic carbocycles.